The molecule has 0 aliphatic carbocycles. The van der Waals surface area contributed by atoms with Crippen molar-refractivity contribution < 1.29 is 0 Å². The molecule has 17 heavy (non-hydrogen) atoms. The second-order valence-corrected chi connectivity index (χ2v) is 5.91. The molecule has 0 N–H and O–H groups in total. The molecule has 0 amide bonds. The second-order valence-electron chi connectivity index (χ2n) is 5.35. The van der Waals surface area contributed by atoms with Gasteiger partial charge in [-0.3, -0.25) is 0 Å². The number of rotatable bonds is 10. The molecule has 0 fully saturated rings. The van der Waals surface area contributed by atoms with Crippen molar-refractivity contribution in [2.45, 2.75) is 60.3 Å². The lowest BCUT2D eigenvalue weighted by Crippen LogP contribution is -2.40. The van der Waals surface area contributed by atoms with Gasteiger partial charge >= 0.3 is 0 Å². The summed E-state index contributed by atoms with van der Waals surface area (Å²) in [5.41, 5.74) is 0.474. The van der Waals surface area contributed by atoms with Crippen LogP contribution >= 0.6 is 15.9 Å². The summed E-state index contributed by atoms with van der Waals surface area (Å²) < 4.78 is 0. The van der Waals surface area contributed by atoms with E-state index >= 15 is 0 Å². The molecule has 1 nitrogen and oxygen atoms in total. The molecule has 0 heterocycles. The van der Waals surface area contributed by atoms with E-state index in [1.165, 1.54) is 45.3 Å². The van der Waals surface area contributed by atoms with Crippen molar-refractivity contribution in [2.24, 2.45) is 11.3 Å². The van der Waals surface area contributed by atoms with Gasteiger partial charge in [-0.05, 0) is 30.7 Å². The van der Waals surface area contributed by atoms with E-state index in [1.54, 1.807) is 0 Å². The number of halogens is 1. The van der Waals surface area contributed by atoms with Crippen molar-refractivity contribution >= 4 is 15.9 Å². The first-order valence-electron chi connectivity index (χ1n) is 7.39. The van der Waals surface area contributed by atoms with Gasteiger partial charge in [-0.1, -0.05) is 63.4 Å². The Bertz CT molecular complexity index is 165. The molecular weight excluding hydrogens is 274 g/mol. The van der Waals surface area contributed by atoms with Crippen molar-refractivity contribution in [2.75, 3.05) is 25.0 Å². The lowest BCUT2D eigenvalue weighted by atomic mass is 9.83. The number of nitrogens with zero attached hydrogens (tertiary/aromatic N) is 1. The van der Waals surface area contributed by atoms with Crippen LogP contribution in [0.5, 0.6) is 0 Å². The predicted octanol–water partition coefficient (Wildman–Crippen LogP) is 4.95. The fraction of sp³-hybridized carbons (Fsp3) is 1.00. The van der Waals surface area contributed by atoms with E-state index in [-0.39, 0.29) is 0 Å². The Morgan fingerprint density at radius 2 is 1.53 bits per heavy atom. The van der Waals surface area contributed by atoms with Gasteiger partial charge in [0.2, 0.25) is 0 Å². The summed E-state index contributed by atoms with van der Waals surface area (Å²) in [7, 11) is 0. The molecule has 2 heteroatoms. The summed E-state index contributed by atoms with van der Waals surface area (Å²) in [4.78, 5) is 2.66. The van der Waals surface area contributed by atoms with Crippen LogP contribution in [-0.2, 0) is 0 Å². The molecule has 0 aromatic rings. The molecule has 0 atom stereocenters. The molecule has 0 rings (SSSR count). The van der Waals surface area contributed by atoms with E-state index in [4.69, 9.17) is 0 Å². The summed E-state index contributed by atoms with van der Waals surface area (Å²) in [6.07, 6.45) is 5.17. The number of hydrogen-bond donors (Lipinski definition) is 0. The van der Waals surface area contributed by atoms with E-state index in [1.807, 2.05) is 0 Å². The van der Waals surface area contributed by atoms with Gasteiger partial charge in [0.1, 0.15) is 0 Å². The zero-order valence-electron chi connectivity index (χ0n) is 12.6. The maximum atomic E-state index is 3.72. The highest BCUT2D eigenvalue weighted by atomic mass is 79.9. The quantitative estimate of drug-likeness (QED) is 0.516. The molecule has 0 bridgehead atoms. The average molecular weight is 306 g/mol. The largest absolute Gasteiger partial charge is 0.303 e. The van der Waals surface area contributed by atoms with Crippen LogP contribution in [0.15, 0.2) is 0 Å². The molecule has 0 aliphatic rings. The average Bonchev–Trinajstić information content (AvgIpc) is 2.40. The fourth-order valence-corrected chi connectivity index (χ4v) is 3.37. The molecule has 104 valence electrons. The van der Waals surface area contributed by atoms with Crippen LogP contribution in [0.2, 0.25) is 0 Å². The highest BCUT2D eigenvalue weighted by Crippen LogP contribution is 2.30. The van der Waals surface area contributed by atoms with Crippen LogP contribution in [-0.4, -0.2) is 29.9 Å². The van der Waals surface area contributed by atoms with Crippen LogP contribution in [0.25, 0.3) is 0 Å². The Hall–Kier alpha value is 0.440. The van der Waals surface area contributed by atoms with Crippen molar-refractivity contribution in [3.63, 3.8) is 0 Å². The number of hydrogen-bond acceptors (Lipinski definition) is 1. The summed E-state index contributed by atoms with van der Waals surface area (Å²) >= 11 is 3.72. The summed E-state index contributed by atoms with van der Waals surface area (Å²) in [5.74, 6) is 0.872. The summed E-state index contributed by atoms with van der Waals surface area (Å²) in [6, 6.07) is 0. The maximum absolute atomic E-state index is 3.72. The zero-order chi connectivity index (χ0) is 13.3. The molecule has 0 aliphatic heterocycles. The van der Waals surface area contributed by atoms with Crippen LogP contribution in [0.1, 0.15) is 60.3 Å². The van der Waals surface area contributed by atoms with Gasteiger partial charge in [-0.25, -0.2) is 0 Å². The maximum Gasteiger partial charge on any atom is 0.01000 e. The second kappa shape index (κ2) is 9.38. The molecular formula is C15H32BrN. The monoisotopic (exact) mass is 305 g/mol. The molecule has 0 aromatic heterocycles. The third kappa shape index (κ3) is 5.74. The van der Waals surface area contributed by atoms with E-state index in [9.17, 15) is 0 Å². The molecule has 0 saturated heterocycles. The van der Waals surface area contributed by atoms with Crippen molar-refractivity contribution in [3.05, 3.63) is 0 Å². The van der Waals surface area contributed by atoms with Gasteiger partial charge < -0.3 is 4.90 Å². The fourth-order valence-electron chi connectivity index (χ4n) is 2.40. The van der Waals surface area contributed by atoms with Gasteiger partial charge in [0, 0.05) is 18.4 Å². The molecule has 0 radical (unpaired) electrons. The standard InChI is InChI=1S/C15H32BrN/c1-6-14(7-2)11-17(10-5)13-15(8-3,9-4)12-16/h14H,6-13H2,1-5H3. The third-order valence-corrected chi connectivity index (χ3v) is 5.65. The van der Waals surface area contributed by atoms with Crippen molar-refractivity contribution in [1.29, 1.82) is 0 Å². The van der Waals surface area contributed by atoms with Crippen molar-refractivity contribution in [1.82, 2.24) is 4.90 Å². The Morgan fingerprint density at radius 3 is 1.82 bits per heavy atom. The van der Waals surface area contributed by atoms with Gasteiger partial charge in [0.05, 0.1) is 0 Å². The first kappa shape index (κ1) is 17.4. The first-order chi connectivity index (χ1) is 8.11. The zero-order valence-corrected chi connectivity index (χ0v) is 14.1. The Balaban J connectivity index is 4.45. The van der Waals surface area contributed by atoms with E-state index < -0.39 is 0 Å². The Kier molecular flexibility index (Phi) is 9.62. The van der Waals surface area contributed by atoms with Gasteiger partial charge in [0.15, 0.2) is 0 Å². The lowest BCUT2D eigenvalue weighted by molar-refractivity contribution is 0.143. The SMILES string of the molecule is CCC(CC)CN(CC)CC(CC)(CC)CBr. The lowest BCUT2D eigenvalue weighted by Gasteiger charge is -2.37. The first-order valence-corrected chi connectivity index (χ1v) is 8.51. The van der Waals surface area contributed by atoms with E-state index in [0.29, 0.717) is 5.41 Å². The minimum Gasteiger partial charge on any atom is -0.303 e. The highest BCUT2D eigenvalue weighted by Gasteiger charge is 2.27. The Labute approximate surface area is 117 Å². The summed E-state index contributed by atoms with van der Waals surface area (Å²) in [6.45, 7) is 15.3. The van der Waals surface area contributed by atoms with Gasteiger partial charge in [-0.15, -0.1) is 0 Å². The van der Waals surface area contributed by atoms with Gasteiger partial charge in [-0.2, -0.15) is 0 Å². The smallest absolute Gasteiger partial charge is 0.01000 e. The third-order valence-electron chi connectivity index (χ3n) is 4.46. The van der Waals surface area contributed by atoms with Crippen LogP contribution in [0.4, 0.5) is 0 Å². The van der Waals surface area contributed by atoms with Crippen LogP contribution in [0.3, 0.4) is 0 Å². The predicted molar refractivity (Wildman–Crippen MR) is 83.0 cm³/mol. The Morgan fingerprint density at radius 1 is 1.00 bits per heavy atom. The number of alkyl halides is 1. The summed E-state index contributed by atoms with van der Waals surface area (Å²) in [5, 5.41) is 1.13. The molecule has 0 saturated carbocycles. The molecule has 0 spiro atoms. The van der Waals surface area contributed by atoms with E-state index in [2.05, 4.69) is 55.4 Å². The minimum atomic E-state index is 0.474. The van der Waals surface area contributed by atoms with Crippen LogP contribution < -0.4 is 0 Å². The topological polar surface area (TPSA) is 3.24 Å². The highest BCUT2D eigenvalue weighted by molar-refractivity contribution is 9.09. The van der Waals surface area contributed by atoms with Crippen molar-refractivity contribution in [3.8, 4) is 0 Å². The van der Waals surface area contributed by atoms with E-state index in [0.717, 1.165) is 11.2 Å². The minimum absolute atomic E-state index is 0.474. The van der Waals surface area contributed by atoms with Gasteiger partial charge in [0.25, 0.3) is 0 Å². The molecule has 0 aromatic carbocycles. The molecule has 0 unspecified atom stereocenters. The van der Waals surface area contributed by atoms with Crippen LogP contribution in [0, 0.1) is 11.3 Å². The normalized spacial score (nSPS) is 12.7.